The summed E-state index contributed by atoms with van der Waals surface area (Å²) in [5, 5.41) is 6.99. The van der Waals surface area contributed by atoms with Gasteiger partial charge >= 0.3 is 0 Å². The number of nitrogens with one attached hydrogen (secondary N) is 1. The molecule has 1 unspecified atom stereocenters. The van der Waals surface area contributed by atoms with Gasteiger partial charge in [-0.25, -0.2) is 9.97 Å². The van der Waals surface area contributed by atoms with E-state index in [4.69, 9.17) is 4.98 Å². The van der Waals surface area contributed by atoms with Crippen molar-refractivity contribution in [2.45, 2.75) is 33.1 Å². The average molecular weight is 359 g/mol. The summed E-state index contributed by atoms with van der Waals surface area (Å²) in [7, 11) is 0. The largest absolute Gasteiger partial charge is 0.356 e. The second kappa shape index (κ2) is 7.35. The minimum absolute atomic E-state index is 0.507. The Bertz CT molecular complexity index is 955. The van der Waals surface area contributed by atoms with Gasteiger partial charge in [-0.15, -0.1) is 0 Å². The van der Waals surface area contributed by atoms with Crippen LogP contribution in [0.15, 0.2) is 48.4 Å². The second-order valence-corrected chi connectivity index (χ2v) is 7.49. The molecule has 27 heavy (non-hydrogen) atoms. The van der Waals surface area contributed by atoms with Crippen molar-refractivity contribution in [1.82, 2.24) is 20.2 Å². The van der Waals surface area contributed by atoms with Crippen LogP contribution in [0, 0.1) is 6.92 Å². The molecule has 0 spiro atoms. The number of rotatable bonds is 4. The maximum Gasteiger partial charge on any atom is 0.161 e. The van der Waals surface area contributed by atoms with Crippen molar-refractivity contribution in [3.05, 3.63) is 65.1 Å². The maximum absolute atomic E-state index is 4.85. The Morgan fingerprint density at radius 2 is 2.15 bits per heavy atom. The molecule has 3 heterocycles. The SMILES string of the molecule is CC(C)=Cc1ccc(-c2nccc(N3CCC(c4cn[nH]c4)C3)n2)cc1C. The molecular formula is C22H25N5. The third-order valence-electron chi connectivity index (χ3n) is 5.12. The Morgan fingerprint density at radius 1 is 1.26 bits per heavy atom. The Hall–Kier alpha value is -2.95. The molecule has 0 bridgehead atoms. The molecule has 1 saturated heterocycles. The number of hydrogen-bond donors (Lipinski definition) is 1. The Labute approximate surface area is 160 Å². The van der Waals surface area contributed by atoms with Gasteiger partial charge in [0.15, 0.2) is 5.82 Å². The molecule has 0 saturated carbocycles. The molecule has 0 amide bonds. The zero-order chi connectivity index (χ0) is 18.8. The molecule has 5 heteroatoms. The lowest BCUT2D eigenvalue weighted by Gasteiger charge is -2.18. The lowest BCUT2D eigenvalue weighted by atomic mass is 10.0. The van der Waals surface area contributed by atoms with E-state index in [9.17, 15) is 0 Å². The number of allylic oxidation sites excluding steroid dienone is 1. The van der Waals surface area contributed by atoms with Gasteiger partial charge in [0.1, 0.15) is 5.82 Å². The van der Waals surface area contributed by atoms with Gasteiger partial charge in [-0.1, -0.05) is 23.8 Å². The number of hydrogen-bond acceptors (Lipinski definition) is 4. The van der Waals surface area contributed by atoms with Crippen LogP contribution in [0.3, 0.4) is 0 Å². The summed E-state index contributed by atoms with van der Waals surface area (Å²) in [6.45, 7) is 8.34. The first-order chi connectivity index (χ1) is 13.1. The number of benzene rings is 1. The van der Waals surface area contributed by atoms with Crippen molar-refractivity contribution in [2.75, 3.05) is 18.0 Å². The van der Waals surface area contributed by atoms with Crippen LogP contribution in [-0.4, -0.2) is 33.3 Å². The van der Waals surface area contributed by atoms with Gasteiger partial charge in [0, 0.05) is 37.0 Å². The molecule has 2 aromatic heterocycles. The molecule has 1 aliphatic rings. The molecule has 1 aromatic carbocycles. The smallest absolute Gasteiger partial charge is 0.161 e. The first-order valence-electron chi connectivity index (χ1n) is 9.43. The fraction of sp³-hybridized carbons (Fsp3) is 0.318. The third-order valence-corrected chi connectivity index (χ3v) is 5.12. The quantitative estimate of drug-likeness (QED) is 0.740. The Kier molecular flexibility index (Phi) is 4.75. The van der Waals surface area contributed by atoms with Crippen molar-refractivity contribution in [3.63, 3.8) is 0 Å². The molecule has 4 rings (SSSR count). The summed E-state index contributed by atoms with van der Waals surface area (Å²) in [5.41, 5.74) is 6.12. The normalized spacial score (nSPS) is 16.6. The minimum Gasteiger partial charge on any atom is -0.356 e. The molecule has 3 aromatic rings. The Morgan fingerprint density at radius 3 is 2.89 bits per heavy atom. The van der Waals surface area contributed by atoms with Crippen LogP contribution in [-0.2, 0) is 0 Å². The summed E-state index contributed by atoms with van der Waals surface area (Å²) >= 11 is 0. The highest BCUT2D eigenvalue weighted by atomic mass is 15.2. The summed E-state index contributed by atoms with van der Waals surface area (Å²) in [6.07, 6.45) is 9.11. The first kappa shape index (κ1) is 17.5. The van der Waals surface area contributed by atoms with Gasteiger partial charge in [-0.2, -0.15) is 5.10 Å². The molecular weight excluding hydrogens is 334 g/mol. The lowest BCUT2D eigenvalue weighted by molar-refractivity contribution is 0.775. The highest BCUT2D eigenvalue weighted by molar-refractivity contribution is 5.64. The molecule has 1 aliphatic heterocycles. The predicted molar refractivity (Wildman–Crippen MR) is 110 cm³/mol. The van der Waals surface area contributed by atoms with E-state index in [-0.39, 0.29) is 0 Å². The molecule has 0 aliphatic carbocycles. The monoisotopic (exact) mass is 359 g/mol. The first-order valence-corrected chi connectivity index (χ1v) is 9.43. The van der Waals surface area contributed by atoms with Gasteiger partial charge < -0.3 is 4.90 Å². The van der Waals surface area contributed by atoms with E-state index in [0.29, 0.717) is 5.92 Å². The fourth-order valence-electron chi connectivity index (χ4n) is 3.68. The number of H-pyrrole nitrogens is 1. The van der Waals surface area contributed by atoms with E-state index in [1.54, 1.807) is 0 Å². The van der Waals surface area contributed by atoms with Crippen LogP contribution in [0.5, 0.6) is 0 Å². The van der Waals surface area contributed by atoms with Crippen molar-refractivity contribution < 1.29 is 0 Å². The zero-order valence-corrected chi connectivity index (χ0v) is 16.1. The molecule has 0 radical (unpaired) electrons. The number of anilines is 1. The lowest BCUT2D eigenvalue weighted by Crippen LogP contribution is -2.20. The molecule has 1 atom stereocenters. The van der Waals surface area contributed by atoms with Crippen LogP contribution in [0.25, 0.3) is 17.5 Å². The fourth-order valence-corrected chi connectivity index (χ4v) is 3.68. The molecule has 138 valence electrons. The van der Waals surface area contributed by atoms with Crippen molar-refractivity contribution in [3.8, 4) is 11.4 Å². The molecule has 1 fully saturated rings. The predicted octanol–water partition coefficient (Wildman–Crippen LogP) is 4.59. The highest BCUT2D eigenvalue weighted by Crippen LogP contribution is 2.30. The van der Waals surface area contributed by atoms with Gasteiger partial charge in [0.05, 0.1) is 6.20 Å². The van der Waals surface area contributed by atoms with Gasteiger partial charge in [-0.05, 0) is 56.0 Å². The van der Waals surface area contributed by atoms with E-state index < -0.39 is 0 Å². The minimum atomic E-state index is 0.507. The maximum atomic E-state index is 4.85. The molecule has 5 nitrogen and oxygen atoms in total. The standard InChI is InChI=1S/C22H25N5/c1-15(2)10-17-4-5-18(11-16(17)3)22-23-8-6-21(26-22)27-9-7-19(14-27)20-12-24-25-13-20/h4-6,8,10-13,19H,7,9,14H2,1-3H3,(H,24,25). The Balaban J connectivity index is 1.56. The van der Waals surface area contributed by atoms with E-state index in [2.05, 4.69) is 65.1 Å². The van der Waals surface area contributed by atoms with E-state index in [0.717, 1.165) is 36.7 Å². The average Bonchev–Trinajstić information content (AvgIpc) is 3.35. The van der Waals surface area contributed by atoms with Crippen molar-refractivity contribution in [2.24, 2.45) is 0 Å². The van der Waals surface area contributed by atoms with Gasteiger partial charge in [-0.3, -0.25) is 5.10 Å². The highest BCUT2D eigenvalue weighted by Gasteiger charge is 2.25. The topological polar surface area (TPSA) is 57.7 Å². The van der Waals surface area contributed by atoms with Gasteiger partial charge in [0.2, 0.25) is 0 Å². The number of nitrogens with zero attached hydrogens (tertiary/aromatic N) is 4. The van der Waals surface area contributed by atoms with E-state index in [1.807, 2.05) is 24.7 Å². The number of aromatic nitrogens is 4. The van der Waals surface area contributed by atoms with Gasteiger partial charge in [0.25, 0.3) is 0 Å². The van der Waals surface area contributed by atoms with Crippen LogP contribution >= 0.6 is 0 Å². The third kappa shape index (κ3) is 3.77. The van der Waals surface area contributed by atoms with E-state index >= 15 is 0 Å². The summed E-state index contributed by atoms with van der Waals surface area (Å²) < 4.78 is 0. The van der Waals surface area contributed by atoms with Crippen LogP contribution in [0.1, 0.15) is 42.9 Å². The van der Waals surface area contributed by atoms with Crippen molar-refractivity contribution >= 4 is 11.9 Å². The summed E-state index contributed by atoms with van der Waals surface area (Å²) in [4.78, 5) is 11.7. The number of aromatic amines is 1. The molecule has 1 N–H and O–H groups in total. The summed E-state index contributed by atoms with van der Waals surface area (Å²) in [6, 6.07) is 8.44. The van der Waals surface area contributed by atoms with Crippen LogP contribution in [0.4, 0.5) is 5.82 Å². The van der Waals surface area contributed by atoms with Crippen LogP contribution < -0.4 is 4.90 Å². The zero-order valence-electron chi connectivity index (χ0n) is 16.1. The van der Waals surface area contributed by atoms with Crippen molar-refractivity contribution in [1.29, 1.82) is 0 Å². The number of aryl methyl sites for hydroxylation is 1. The van der Waals surface area contributed by atoms with Crippen LogP contribution in [0.2, 0.25) is 0 Å². The van der Waals surface area contributed by atoms with E-state index in [1.165, 1.54) is 22.3 Å². The summed E-state index contributed by atoms with van der Waals surface area (Å²) in [5.74, 6) is 2.29. The second-order valence-electron chi connectivity index (χ2n) is 7.49.